The Morgan fingerprint density at radius 3 is 2.85 bits per heavy atom. The van der Waals surface area contributed by atoms with Crippen LogP contribution in [-0.2, 0) is 18.4 Å². The maximum absolute atomic E-state index is 13.8. The Morgan fingerprint density at radius 2 is 2.05 bits per heavy atom. The first kappa shape index (κ1) is 13.1. The minimum atomic E-state index is -0.597. The Balaban J connectivity index is 1.90. The number of rotatable bonds is 3. The van der Waals surface area contributed by atoms with Gasteiger partial charge in [-0.2, -0.15) is 0 Å². The van der Waals surface area contributed by atoms with Crippen molar-refractivity contribution >= 4 is 0 Å². The van der Waals surface area contributed by atoms with Crippen LogP contribution in [0.3, 0.4) is 0 Å². The zero-order valence-corrected chi connectivity index (χ0v) is 11.5. The van der Waals surface area contributed by atoms with Crippen molar-refractivity contribution in [3.8, 4) is 5.75 Å². The van der Waals surface area contributed by atoms with Crippen molar-refractivity contribution in [2.45, 2.75) is 25.3 Å². The lowest BCUT2D eigenvalue weighted by Crippen LogP contribution is -2.35. The third kappa shape index (κ3) is 2.41. The molecular weight excluding hydrogens is 253 g/mol. The molecule has 0 bridgehead atoms. The summed E-state index contributed by atoms with van der Waals surface area (Å²) in [5, 5.41) is 0. The first-order valence-corrected chi connectivity index (χ1v) is 6.85. The predicted molar refractivity (Wildman–Crippen MR) is 77.3 cm³/mol. The highest BCUT2D eigenvalue weighted by atomic mass is 19.1. The fraction of sp³-hybridized carbons (Fsp3) is 0.294. The molecule has 1 heterocycles. The van der Waals surface area contributed by atoms with E-state index in [4.69, 9.17) is 10.5 Å². The van der Waals surface area contributed by atoms with Crippen molar-refractivity contribution in [2.24, 2.45) is 5.73 Å². The maximum atomic E-state index is 13.8. The van der Waals surface area contributed by atoms with Gasteiger partial charge >= 0.3 is 0 Å². The lowest BCUT2D eigenvalue weighted by atomic mass is 9.85. The van der Waals surface area contributed by atoms with E-state index in [1.807, 2.05) is 25.1 Å². The lowest BCUT2D eigenvalue weighted by Gasteiger charge is -2.26. The van der Waals surface area contributed by atoms with Crippen LogP contribution in [0.15, 0.2) is 42.5 Å². The van der Waals surface area contributed by atoms with Gasteiger partial charge in [0.25, 0.3) is 0 Å². The van der Waals surface area contributed by atoms with Crippen molar-refractivity contribution in [1.82, 2.24) is 0 Å². The van der Waals surface area contributed by atoms with Crippen molar-refractivity contribution in [3.63, 3.8) is 0 Å². The molecule has 0 spiro atoms. The maximum Gasteiger partial charge on any atom is 0.126 e. The average molecular weight is 271 g/mol. The minimum Gasteiger partial charge on any atom is -0.493 e. The van der Waals surface area contributed by atoms with E-state index in [1.54, 1.807) is 12.1 Å². The molecule has 2 aromatic rings. The van der Waals surface area contributed by atoms with Gasteiger partial charge < -0.3 is 10.5 Å². The molecule has 1 unspecified atom stereocenters. The van der Waals surface area contributed by atoms with Crippen LogP contribution >= 0.6 is 0 Å². The summed E-state index contributed by atoms with van der Waals surface area (Å²) in [5.41, 5.74) is 8.68. The van der Waals surface area contributed by atoms with Gasteiger partial charge in [-0.3, -0.25) is 0 Å². The van der Waals surface area contributed by atoms with Crippen LogP contribution in [0.5, 0.6) is 5.75 Å². The Hall–Kier alpha value is -1.87. The van der Waals surface area contributed by atoms with Crippen molar-refractivity contribution in [3.05, 3.63) is 65.0 Å². The van der Waals surface area contributed by atoms with E-state index in [0.717, 1.165) is 24.3 Å². The van der Waals surface area contributed by atoms with Gasteiger partial charge in [-0.1, -0.05) is 30.3 Å². The second-order valence-electron chi connectivity index (χ2n) is 5.61. The summed E-state index contributed by atoms with van der Waals surface area (Å²) in [6.07, 6.45) is 1.39. The van der Waals surface area contributed by atoms with Crippen LogP contribution in [0.1, 0.15) is 23.6 Å². The van der Waals surface area contributed by atoms with Crippen LogP contribution in [0.4, 0.5) is 4.39 Å². The first-order chi connectivity index (χ1) is 9.56. The third-order valence-electron chi connectivity index (χ3n) is 3.86. The van der Waals surface area contributed by atoms with Gasteiger partial charge in [0.05, 0.1) is 6.61 Å². The van der Waals surface area contributed by atoms with Crippen LogP contribution in [0.25, 0.3) is 0 Å². The number of hydrogen-bond acceptors (Lipinski definition) is 2. The topological polar surface area (TPSA) is 35.2 Å². The fourth-order valence-corrected chi connectivity index (χ4v) is 2.68. The van der Waals surface area contributed by atoms with Crippen LogP contribution in [-0.4, -0.2) is 6.61 Å². The van der Waals surface area contributed by atoms with Gasteiger partial charge in [0.2, 0.25) is 0 Å². The summed E-state index contributed by atoms with van der Waals surface area (Å²) >= 11 is 0. The van der Waals surface area contributed by atoms with Gasteiger partial charge in [0.15, 0.2) is 0 Å². The highest BCUT2D eigenvalue weighted by molar-refractivity contribution is 5.42. The zero-order chi connectivity index (χ0) is 14.2. The Morgan fingerprint density at radius 1 is 1.25 bits per heavy atom. The number of fused-ring (bicyclic) bond motifs is 1. The molecule has 1 aliphatic heterocycles. The molecule has 2 aromatic carbocycles. The minimum absolute atomic E-state index is 0.200. The summed E-state index contributed by atoms with van der Waals surface area (Å²) in [6, 6.07) is 12.8. The summed E-state index contributed by atoms with van der Waals surface area (Å²) < 4.78 is 19.3. The first-order valence-electron chi connectivity index (χ1n) is 6.85. The SMILES string of the molecule is CC(N)(Cc1ccccc1F)c1ccc2c(c1)CCO2. The molecule has 20 heavy (non-hydrogen) atoms. The number of ether oxygens (including phenoxy) is 1. The van der Waals surface area contributed by atoms with E-state index >= 15 is 0 Å². The third-order valence-corrected chi connectivity index (χ3v) is 3.86. The van der Waals surface area contributed by atoms with Crippen LogP contribution in [0, 0.1) is 5.82 Å². The molecule has 0 radical (unpaired) electrons. The van der Waals surface area contributed by atoms with Gasteiger partial charge in [-0.25, -0.2) is 4.39 Å². The largest absolute Gasteiger partial charge is 0.493 e. The summed E-state index contributed by atoms with van der Waals surface area (Å²) in [4.78, 5) is 0. The molecule has 0 saturated heterocycles. The monoisotopic (exact) mass is 271 g/mol. The van der Waals surface area contributed by atoms with E-state index in [-0.39, 0.29) is 5.82 Å². The molecule has 0 aromatic heterocycles. The number of halogens is 1. The number of nitrogens with two attached hydrogens (primary N) is 1. The lowest BCUT2D eigenvalue weighted by molar-refractivity contribution is 0.356. The van der Waals surface area contributed by atoms with Gasteiger partial charge in [-0.15, -0.1) is 0 Å². The summed E-state index contributed by atoms with van der Waals surface area (Å²) in [7, 11) is 0. The standard InChI is InChI=1S/C17H18FNO/c1-17(19,11-13-4-2-3-5-15(13)18)14-6-7-16-12(10-14)8-9-20-16/h2-7,10H,8-9,11,19H2,1H3. The van der Waals surface area contributed by atoms with Gasteiger partial charge in [0, 0.05) is 12.0 Å². The molecule has 2 N–H and O–H groups in total. The molecule has 0 saturated carbocycles. The van der Waals surface area contributed by atoms with Crippen molar-refractivity contribution in [1.29, 1.82) is 0 Å². The van der Waals surface area contributed by atoms with Crippen molar-refractivity contribution in [2.75, 3.05) is 6.61 Å². The van der Waals surface area contributed by atoms with E-state index in [9.17, 15) is 4.39 Å². The summed E-state index contributed by atoms with van der Waals surface area (Å²) in [6.45, 7) is 2.67. The van der Waals surface area contributed by atoms with Crippen LogP contribution < -0.4 is 10.5 Å². The molecular formula is C17H18FNO. The highest BCUT2D eigenvalue weighted by Crippen LogP contribution is 2.31. The summed E-state index contributed by atoms with van der Waals surface area (Å²) in [5.74, 6) is 0.740. The smallest absolute Gasteiger partial charge is 0.126 e. The fourth-order valence-electron chi connectivity index (χ4n) is 2.68. The molecule has 3 rings (SSSR count). The molecule has 0 fully saturated rings. The second-order valence-corrected chi connectivity index (χ2v) is 5.61. The highest BCUT2D eigenvalue weighted by Gasteiger charge is 2.25. The molecule has 1 atom stereocenters. The van der Waals surface area contributed by atoms with Crippen LogP contribution in [0.2, 0.25) is 0 Å². The van der Waals surface area contributed by atoms with E-state index < -0.39 is 5.54 Å². The zero-order valence-electron chi connectivity index (χ0n) is 11.5. The van der Waals surface area contributed by atoms with Crippen molar-refractivity contribution < 1.29 is 9.13 Å². The number of hydrogen-bond donors (Lipinski definition) is 1. The molecule has 2 nitrogen and oxygen atoms in total. The quantitative estimate of drug-likeness (QED) is 0.930. The van der Waals surface area contributed by atoms with E-state index in [0.29, 0.717) is 12.0 Å². The Kier molecular flexibility index (Phi) is 3.22. The average Bonchev–Trinajstić information content (AvgIpc) is 2.88. The second kappa shape index (κ2) is 4.91. The van der Waals surface area contributed by atoms with Gasteiger partial charge in [0.1, 0.15) is 11.6 Å². The van der Waals surface area contributed by atoms with E-state index in [2.05, 4.69) is 6.07 Å². The van der Waals surface area contributed by atoms with Gasteiger partial charge in [-0.05, 0) is 42.2 Å². The molecule has 0 aliphatic carbocycles. The molecule has 3 heteroatoms. The Bertz CT molecular complexity index is 637. The molecule has 104 valence electrons. The Labute approximate surface area is 118 Å². The molecule has 0 amide bonds. The normalized spacial score (nSPS) is 16.4. The molecule has 1 aliphatic rings. The van der Waals surface area contributed by atoms with E-state index in [1.165, 1.54) is 11.6 Å². The number of benzene rings is 2. The predicted octanol–water partition coefficient (Wildman–Crippen LogP) is 3.18.